The molecule has 0 saturated heterocycles. The van der Waals surface area contributed by atoms with E-state index < -0.39 is 0 Å². The van der Waals surface area contributed by atoms with Gasteiger partial charge in [-0.1, -0.05) is 6.07 Å². The third-order valence-electron chi connectivity index (χ3n) is 1.56. The van der Waals surface area contributed by atoms with Crippen LogP contribution in [0.1, 0.15) is 5.56 Å². The highest BCUT2D eigenvalue weighted by Crippen LogP contribution is 2.34. The number of benzene rings is 1. The molecule has 0 saturated carbocycles. The molecule has 1 aromatic rings. The van der Waals surface area contributed by atoms with Crippen molar-refractivity contribution in [2.24, 2.45) is 5.73 Å². The number of hydrogen-bond donors (Lipinski definition) is 2. The zero-order chi connectivity index (χ0) is 9.14. The standard InChI is InChI=1S/C8H9Br2NO/c9-6-2-1-5(3-4-11)7(10)8(6)12/h1-2,12H,3-4,11H2. The largest absolute Gasteiger partial charge is 0.506 e. The van der Waals surface area contributed by atoms with E-state index in [4.69, 9.17) is 5.73 Å². The maximum absolute atomic E-state index is 9.48. The van der Waals surface area contributed by atoms with Crippen LogP contribution in [0.3, 0.4) is 0 Å². The van der Waals surface area contributed by atoms with Crippen LogP contribution >= 0.6 is 31.9 Å². The lowest BCUT2D eigenvalue weighted by atomic mass is 10.1. The maximum Gasteiger partial charge on any atom is 0.144 e. The van der Waals surface area contributed by atoms with Crippen molar-refractivity contribution in [3.05, 3.63) is 26.6 Å². The minimum atomic E-state index is 0.237. The summed E-state index contributed by atoms with van der Waals surface area (Å²) >= 11 is 6.52. The number of halogens is 2. The Kier molecular flexibility index (Phi) is 3.55. The zero-order valence-electron chi connectivity index (χ0n) is 6.35. The second kappa shape index (κ2) is 4.25. The lowest BCUT2D eigenvalue weighted by Crippen LogP contribution is -2.03. The van der Waals surface area contributed by atoms with Gasteiger partial charge in [0.15, 0.2) is 0 Å². The van der Waals surface area contributed by atoms with Crippen molar-refractivity contribution in [2.75, 3.05) is 6.54 Å². The van der Waals surface area contributed by atoms with E-state index >= 15 is 0 Å². The van der Waals surface area contributed by atoms with Crippen molar-refractivity contribution in [3.63, 3.8) is 0 Å². The van der Waals surface area contributed by atoms with Gasteiger partial charge in [0.2, 0.25) is 0 Å². The van der Waals surface area contributed by atoms with Crippen LogP contribution in [0.4, 0.5) is 0 Å². The second-order valence-electron chi connectivity index (χ2n) is 2.41. The molecule has 0 aliphatic rings. The van der Waals surface area contributed by atoms with Crippen LogP contribution in [0.5, 0.6) is 5.75 Å². The second-order valence-corrected chi connectivity index (χ2v) is 4.06. The summed E-state index contributed by atoms with van der Waals surface area (Å²) in [7, 11) is 0. The van der Waals surface area contributed by atoms with Crippen LogP contribution < -0.4 is 5.73 Å². The van der Waals surface area contributed by atoms with Crippen molar-refractivity contribution in [1.82, 2.24) is 0 Å². The molecule has 0 atom stereocenters. The van der Waals surface area contributed by atoms with Crippen LogP contribution in [0.15, 0.2) is 21.1 Å². The lowest BCUT2D eigenvalue weighted by Gasteiger charge is -2.05. The van der Waals surface area contributed by atoms with Crippen molar-refractivity contribution in [3.8, 4) is 5.75 Å². The summed E-state index contributed by atoms with van der Waals surface area (Å²) in [5.41, 5.74) is 6.43. The first-order chi connectivity index (χ1) is 5.66. The van der Waals surface area contributed by atoms with Gasteiger partial charge < -0.3 is 10.8 Å². The van der Waals surface area contributed by atoms with Gasteiger partial charge in [-0.15, -0.1) is 0 Å². The maximum atomic E-state index is 9.48. The molecule has 0 unspecified atom stereocenters. The molecule has 0 aliphatic heterocycles. The fourth-order valence-corrected chi connectivity index (χ4v) is 2.07. The summed E-state index contributed by atoms with van der Waals surface area (Å²) in [6.07, 6.45) is 0.765. The first-order valence-electron chi connectivity index (χ1n) is 3.52. The summed E-state index contributed by atoms with van der Waals surface area (Å²) in [4.78, 5) is 0. The van der Waals surface area contributed by atoms with Gasteiger partial charge in [-0.2, -0.15) is 0 Å². The van der Waals surface area contributed by atoms with E-state index in [1.54, 1.807) is 0 Å². The minimum Gasteiger partial charge on any atom is -0.506 e. The van der Waals surface area contributed by atoms with Crippen LogP contribution in [-0.4, -0.2) is 11.7 Å². The number of hydrogen-bond acceptors (Lipinski definition) is 2. The van der Waals surface area contributed by atoms with Crippen LogP contribution in [0.25, 0.3) is 0 Å². The molecule has 0 bridgehead atoms. The van der Waals surface area contributed by atoms with Crippen LogP contribution in [0, 0.1) is 0 Å². The van der Waals surface area contributed by atoms with Gasteiger partial charge in [-0.05, 0) is 56.5 Å². The van der Waals surface area contributed by atoms with Crippen LogP contribution in [0.2, 0.25) is 0 Å². The first-order valence-corrected chi connectivity index (χ1v) is 5.11. The Morgan fingerprint density at radius 2 is 2.00 bits per heavy atom. The van der Waals surface area contributed by atoms with Gasteiger partial charge in [0, 0.05) is 0 Å². The molecule has 0 aliphatic carbocycles. The molecule has 12 heavy (non-hydrogen) atoms. The minimum absolute atomic E-state index is 0.237. The van der Waals surface area contributed by atoms with Crippen molar-refractivity contribution in [2.45, 2.75) is 6.42 Å². The molecule has 0 fully saturated rings. The highest BCUT2D eigenvalue weighted by atomic mass is 79.9. The highest BCUT2D eigenvalue weighted by molar-refractivity contribution is 9.11. The fraction of sp³-hybridized carbons (Fsp3) is 0.250. The average Bonchev–Trinajstić information content (AvgIpc) is 2.07. The summed E-state index contributed by atoms with van der Waals surface area (Å²) in [6, 6.07) is 3.74. The topological polar surface area (TPSA) is 46.2 Å². The number of phenolic OH excluding ortho intramolecular Hbond substituents is 1. The van der Waals surface area contributed by atoms with E-state index in [0.29, 0.717) is 11.0 Å². The number of aromatic hydroxyl groups is 1. The molecular weight excluding hydrogens is 286 g/mol. The monoisotopic (exact) mass is 293 g/mol. The van der Waals surface area contributed by atoms with Gasteiger partial charge >= 0.3 is 0 Å². The molecule has 0 radical (unpaired) electrons. The molecule has 1 rings (SSSR count). The Hall–Kier alpha value is -0.0600. The summed E-state index contributed by atoms with van der Waals surface area (Å²) in [5, 5.41) is 9.48. The molecule has 66 valence electrons. The van der Waals surface area contributed by atoms with E-state index in [1.165, 1.54) is 0 Å². The predicted molar refractivity (Wildman–Crippen MR) is 56.3 cm³/mol. The number of phenols is 1. The fourth-order valence-electron chi connectivity index (χ4n) is 0.931. The zero-order valence-corrected chi connectivity index (χ0v) is 9.52. The molecule has 2 nitrogen and oxygen atoms in total. The third kappa shape index (κ3) is 2.00. The van der Waals surface area contributed by atoms with Gasteiger partial charge in [0.25, 0.3) is 0 Å². The Balaban J connectivity index is 3.08. The first kappa shape index (κ1) is 10.0. The Morgan fingerprint density at radius 1 is 1.33 bits per heavy atom. The molecule has 0 spiro atoms. The SMILES string of the molecule is NCCc1ccc(Br)c(O)c1Br. The molecule has 0 amide bonds. The van der Waals surface area contributed by atoms with Gasteiger partial charge in [-0.25, -0.2) is 0 Å². The lowest BCUT2D eigenvalue weighted by molar-refractivity contribution is 0.467. The molecule has 0 heterocycles. The van der Waals surface area contributed by atoms with Crippen molar-refractivity contribution >= 4 is 31.9 Å². The smallest absolute Gasteiger partial charge is 0.144 e. The van der Waals surface area contributed by atoms with Gasteiger partial charge in [-0.3, -0.25) is 0 Å². The average molecular weight is 295 g/mol. The Morgan fingerprint density at radius 3 is 2.58 bits per heavy atom. The van der Waals surface area contributed by atoms with Gasteiger partial charge in [0.1, 0.15) is 5.75 Å². The third-order valence-corrected chi connectivity index (χ3v) is 3.09. The van der Waals surface area contributed by atoms with E-state index in [0.717, 1.165) is 16.5 Å². The summed E-state index contributed by atoms with van der Waals surface area (Å²) in [5.74, 6) is 0.237. The normalized spacial score (nSPS) is 10.2. The predicted octanol–water partition coefficient (Wildman–Crippen LogP) is 2.42. The number of rotatable bonds is 2. The Labute approximate surface area is 88.0 Å². The Bertz CT molecular complexity index is 289. The van der Waals surface area contributed by atoms with E-state index in [2.05, 4.69) is 31.9 Å². The summed E-state index contributed by atoms with van der Waals surface area (Å²) in [6.45, 7) is 0.583. The summed E-state index contributed by atoms with van der Waals surface area (Å²) < 4.78 is 1.41. The quantitative estimate of drug-likeness (QED) is 0.880. The van der Waals surface area contributed by atoms with Crippen molar-refractivity contribution < 1.29 is 5.11 Å². The van der Waals surface area contributed by atoms with E-state index in [1.807, 2.05) is 12.1 Å². The van der Waals surface area contributed by atoms with E-state index in [-0.39, 0.29) is 5.75 Å². The molecular formula is C8H9Br2NO. The van der Waals surface area contributed by atoms with Crippen LogP contribution in [-0.2, 0) is 6.42 Å². The molecule has 4 heteroatoms. The molecule has 1 aromatic carbocycles. The number of nitrogens with two attached hydrogens (primary N) is 1. The van der Waals surface area contributed by atoms with E-state index in [9.17, 15) is 5.11 Å². The van der Waals surface area contributed by atoms with Gasteiger partial charge in [0.05, 0.1) is 8.95 Å². The molecule has 3 N–H and O–H groups in total. The highest BCUT2D eigenvalue weighted by Gasteiger charge is 2.07. The molecule has 0 aromatic heterocycles. The van der Waals surface area contributed by atoms with Crippen molar-refractivity contribution in [1.29, 1.82) is 0 Å².